The van der Waals surface area contributed by atoms with E-state index in [4.69, 9.17) is 14.6 Å². The second-order valence-electron chi connectivity index (χ2n) is 3.25. The zero-order chi connectivity index (χ0) is 10.6. The van der Waals surface area contributed by atoms with Crippen molar-refractivity contribution in [1.82, 2.24) is 5.32 Å². The Balaban J connectivity index is 3.24. The molecule has 0 bridgehead atoms. The van der Waals surface area contributed by atoms with E-state index < -0.39 is 0 Å². The SMILES string of the molecule is CCCNC(CO)COCCCOC. The minimum Gasteiger partial charge on any atom is -0.395 e. The molecular formula is C10H23NO3. The van der Waals surface area contributed by atoms with Crippen molar-refractivity contribution in [2.75, 3.05) is 40.1 Å². The molecule has 0 aromatic heterocycles. The number of hydrogen-bond donors (Lipinski definition) is 2. The fourth-order valence-corrected chi connectivity index (χ4v) is 1.06. The van der Waals surface area contributed by atoms with Gasteiger partial charge < -0.3 is 19.9 Å². The first-order chi connectivity index (χ1) is 6.85. The first-order valence-corrected chi connectivity index (χ1v) is 5.26. The van der Waals surface area contributed by atoms with Crippen molar-refractivity contribution in [3.63, 3.8) is 0 Å². The Labute approximate surface area is 86.6 Å². The van der Waals surface area contributed by atoms with Gasteiger partial charge in [-0.3, -0.25) is 0 Å². The molecule has 0 aliphatic heterocycles. The predicted octanol–water partition coefficient (Wildman–Crippen LogP) is 0.400. The summed E-state index contributed by atoms with van der Waals surface area (Å²) < 4.78 is 10.3. The maximum atomic E-state index is 8.99. The molecule has 4 nitrogen and oxygen atoms in total. The Hall–Kier alpha value is -0.160. The topological polar surface area (TPSA) is 50.7 Å². The van der Waals surface area contributed by atoms with E-state index in [0.717, 1.165) is 26.0 Å². The molecule has 0 aromatic carbocycles. The number of ether oxygens (including phenoxy) is 2. The molecule has 14 heavy (non-hydrogen) atoms. The number of rotatable bonds is 10. The molecule has 1 unspecified atom stereocenters. The van der Waals surface area contributed by atoms with Gasteiger partial charge in [-0.15, -0.1) is 0 Å². The molecule has 0 saturated carbocycles. The van der Waals surface area contributed by atoms with Gasteiger partial charge in [-0.25, -0.2) is 0 Å². The Morgan fingerprint density at radius 2 is 2.14 bits per heavy atom. The zero-order valence-electron chi connectivity index (χ0n) is 9.29. The first kappa shape index (κ1) is 13.8. The van der Waals surface area contributed by atoms with Crippen LogP contribution < -0.4 is 5.32 Å². The Kier molecular flexibility index (Phi) is 10.8. The molecule has 0 amide bonds. The van der Waals surface area contributed by atoms with Crippen LogP contribution in [-0.2, 0) is 9.47 Å². The molecule has 0 spiro atoms. The summed E-state index contributed by atoms with van der Waals surface area (Å²) >= 11 is 0. The molecule has 1 atom stereocenters. The fourth-order valence-electron chi connectivity index (χ4n) is 1.06. The van der Waals surface area contributed by atoms with Gasteiger partial charge in [0, 0.05) is 20.3 Å². The lowest BCUT2D eigenvalue weighted by Crippen LogP contribution is -2.37. The fraction of sp³-hybridized carbons (Fsp3) is 1.00. The van der Waals surface area contributed by atoms with Crippen molar-refractivity contribution in [1.29, 1.82) is 0 Å². The van der Waals surface area contributed by atoms with Crippen LogP contribution in [0, 0.1) is 0 Å². The summed E-state index contributed by atoms with van der Waals surface area (Å²) in [5.74, 6) is 0. The average Bonchev–Trinajstić information content (AvgIpc) is 2.22. The highest BCUT2D eigenvalue weighted by molar-refractivity contribution is 4.63. The predicted molar refractivity (Wildman–Crippen MR) is 56.5 cm³/mol. The Morgan fingerprint density at radius 1 is 1.36 bits per heavy atom. The van der Waals surface area contributed by atoms with Gasteiger partial charge in [0.2, 0.25) is 0 Å². The summed E-state index contributed by atoms with van der Waals surface area (Å²) in [6.45, 7) is 5.14. The molecule has 86 valence electrons. The van der Waals surface area contributed by atoms with Crippen LogP contribution in [0.25, 0.3) is 0 Å². The van der Waals surface area contributed by atoms with E-state index in [1.54, 1.807) is 7.11 Å². The summed E-state index contributed by atoms with van der Waals surface area (Å²) in [5, 5.41) is 12.2. The Bertz CT molecular complexity index is 112. The van der Waals surface area contributed by atoms with Gasteiger partial charge in [0.1, 0.15) is 0 Å². The number of aliphatic hydroxyl groups excluding tert-OH is 1. The van der Waals surface area contributed by atoms with Crippen LogP contribution >= 0.6 is 0 Å². The second-order valence-corrected chi connectivity index (χ2v) is 3.25. The van der Waals surface area contributed by atoms with Gasteiger partial charge in [-0.2, -0.15) is 0 Å². The van der Waals surface area contributed by atoms with Crippen molar-refractivity contribution in [3.8, 4) is 0 Å². The third-order valence-corrected chi connectivity index (χ3v) is 1.86. The van der Waals surface area contributed by atoms with Crippen LogP contribution in [0.3, 0.4) is 0 Å². The van der Waals surface area contributed by atoms with Crippen LogP contribution in [0.15, 0.2) is 0 Å². The van der Waals surface area contributed by atoms with Crippen molar-refractivity contribution in [2.45, 2.75) is 25.8 Å². The Morgan fingerprint density at radius 3 is 2.71 bits per heavy atom. The van der Waals surface area contributed by atoms with Crippen LogP contribution in [0.5, 0.6) is 0 Å². The molecule has 0 radical (unpaired) electrons. The second kappa shape index (κ2) is 10.9. The highest BCUT2D eigenvalue weighted by Crippen LogP contribution is 1.89. The van der Waals surface area contributed by atoms with Gasteiger partial charge in [0.15, 0.2) is 0 Å². The average molecular weight is 205 g/mol. The normalized spacial score (nSPS) is 13.1. The highest BCUT2D eigenvalue weighted by Gasteiger charge is 2.04. The molecule has 4 heteroatoms. The maximum absolute atomic E-state index is 8.99. The lowest BCUT2D eigenvalue weighted by Gasteiger charge is -2.15. The number of nitrogens with one attached hydrogen (secondary N) is 1. The van der Waals surface area contributed by atoms with Crippen LogP contribution in [0.4, 0.5) is 0 Å². The van der Waals surface area contributed by atoms with Crippen molar-refractivity contribution >= 4 is 0 Å². The summed E-state index contributed by atoms with van der Waals surface area (Å²) in [7, 11) is 1.68. The lowest BCUT2D eigenvalue weighted by molar-refractivity contribution is 0.0725. The lowest BCUT2D eigenvalue weighted by atomic mass is 10.3. The van der Waals surface area contributed by atoms with E-state index in [9.17, 15) is 0 Å². The van der Waals surface area contributed by atoms with E-state index >= 15 is 0 Å². The van der Waals surface area contributed by atoms with E-state index in [0.29, 0.717) is 13.2 Å². The van der Waals surface area contributed by atoms with E-state index in [1.165, 1.54) is 0 Å². The molecule has 0 saturated heterocycles. The van der Waals surface area contributed by atoms with E-state index in [2.05, 4.69) is 12.2 Å². The van der Waals surface area contributed by atoms with Gasteiger partial charge in [0.25, 0.3) is 0 Å². The van der Waals surface area contributed by atoms with Gasteiger partial charge in [0.05, 0.1) is 19.3 Å². The maximum Gasteiger partial charge on any atom is 0.0642 e. The minimum absolute atomic E-state index is 0.0671. The number of methoxy groups -OCH3 is 1. The quantitative estimate of drug-likeness (QED) is 0.507. The third kappa shape index (κ3) is 8.44. The molecule has 0 fully saturated rings. The number of aliphatic hydroxyl groups is 1. The smallest absolute Gasteiger partial charge is 0.0642 e. The van der Waals surface area contributed by atoms with Gasteiger partial charge in [-0.1, -0.05) is 6.92 Å². The zero-order valence-corrected chi connectivity index (χ0v) is 9.29. The monoisotopic (exact) mass is 205 g/mol. The molecule has 0 heterocycles. The molecule has 0 aromatic rings. The van der Waals surface area contributed by atoms with Crippen molar-refractivity contribution < 1.29 is 14.6 Å². The summed E-state index contributed by atoms with van der Waals surface area (Å²) in [5.41, 5.74) is 0. The van der Waals surface area contributed by atoms with Crippen LogP contribution in [-0.4, -0.2) is 51.2 Å². The van der Waals surface area contributed by atoms with Crippen molar-refractivity contribution in [2.24, 2.45) is 0 Å². The highest BCUT2D eigenvalue weighted by atomic mass is 16.5. The molecule has 0 aliphatic rings. The molecule has 0 aliphatic carbocycles. The van der Waals surface area contributed by atoms with Crippen LogP contribution in [0.1, 0.15) is 19.8 Å². The largest absolute Gasteiger partial charge is 0.395 e. The van der Waals surface area contributed by atoms with Gasteiger partial charge >= 0.3 is 0 Å². The van der Waals surface area contributed by atoms with Gasteiger partial charge in [-0.05, 0) is 19.4 Å². The van der Waals surface area contributed by atoms with E-state index in [1.807, 2.05) is 0 Å². The van der Waals surface area contributed by atoms with Crippen LogP contribution in [0.2, 0.25) is 0 Å². The molecule has 2 N–H and O–H groups in total. The summed E-state index contributed by atoms with van der Waals surface area (Å²) in [4.78, 5) is 0. The first-order valence-electron chi connectivity index (χ1n) is 5.26. The summed E-state index contributed by atoms with van der Waals surface area (Å²) in [6, 6.07) is 0.0671. The minimum atomic E-state index is 0.0671. The summed E-state index contributed by atoms with van der Waals surface area (Å²) in [6.07, 6.45) is 1.97. The standard InChI is InChI=1S/C10H23NO3/c1-3-5-11-10(8-12)9-14-7-4-6-13-2/h10-12H,3-9H2,1-2H3. The molecular weight excluding hydrogens is 182 g/mol. The number of hydrogen-bond acceptors (Lipinski definition) is 4. The van der Waals surface area contributed by atoms with Crippen molar-refractivity contribution in [3.05, 3.63) is 0 Å². The molecule has 0 rings (SSSR count). The third-order valence-electron chi connectivity index (χ3n) is 1.86. The van der Waals surface area contributed by atoms with E-state index in [-0.39, 0.29) is 12.6 Å².